The molecule has 39 heavy (non-hydrogen) atoms. The van der Waals surface area contributed by atoms with Gasteiger partial charge in [0.2, 0.25) is 0 Å². The van der Waals surface area contributed by atoms with E-state index < -0.39 is 35.0 Å². The van der Waals surface area contributed by atoms with Gasteiger partial charge in [-0.05, 0) is 104 Å². The number of ether oxygens (including phenoxy) is 1. The van der Waals surface area contributed by atoms with E-state index in [1.165, 1.54) is 0 Å². The zero-order chi connectivity index (χ0) is 31.0. The molecule has 0 aromatic heterocycles. The van der Waals surface area contributed by atoms with Crippen LogP contribution < -0.4 is 34.4 Å². The third kappa shape index (κ3) is 15.3. The minimum Gasteiger partial charge on any atom is -0.358 e. The molecule has 18 N–H and O–H groups in total. The summed E-state index contributed by atoms with van der Waals surface area (Å²) in [5.41, 5.74) is 35.2. The normalized spacial score (nSPS) is 22.6. The predicted octanol–water partition coefficient (Wildman–Crippen LogP) is -1.82. The van der Waals surface area contributed by atoms with Crippen LogP contribution >= 0.6 is 0 Å². The van der Waals surface area contributed by atoms with E-state index in [-0.39, 0.29) is 49.1 Å². The fraction of sp³-hybridized carbons (Fsp3) is 1.00. The van der Waals surface area contributed by atoms with Crippen LogP contribution in [0.1, 0.15) is 92.9 Å². The SMILES string of the molecule is CC(N)CC(CC(C)N)(CC(C)N)CC(OC(CC(CC(C)N)(CC(C)N)CC(C)N)C(O)(O)O)C(O)(O)O. The standard InChI is InChI=1S/C26H60N6O7/c1-15(27)7-23(8-16(2)28,9-17(3)29)13-21(25(33,34)35)39-22(26(36,37)38)14-24(10-18(4)30,11-19(5)31)12-20(6)32/h15-22,33-38H,7-14,27-32H2,1-6H3. The van der Waals surface area contributed by atoms with Crippen LogP contribution in [0.15, 0.2) is 0 Å². The molecule has 0 heterocycles. The van der Waals surface area contributed by atoms with E-state index in [2.05, 4.69) is 0 Å². The quantitative estimate of drug-likeness (QED) is 0.0721. The minimum absolute atomic E-state index is 0.214. The van der Waals surface area contributed by atoms with Crippen LogP contribution in [0.4, 0.5) is 0 Å². The van der Waals surface area contributed by atoms with Crippen molar-refractivity contribution in [1.29, 1.82) is 0 Å². The lowest BCUT2D eigenvalue weighted by Crippen LogP contribution is -2.56. The molecule has 13 heteroatoms. The first-order chi connectivity index (χ1) is 17.4. The third-order valence-corrected chi connectivity index (χ3v) is 6.96. The van der Waals surface area contributed by atoms with E-state index in [1.54, 1.807) is 41.5 Å². The summed E-state index contributed by atoms with van der Waals surface area (Å²) in [6, 6.07) is -2.04. The van der Waals surface area contributed by atoms with Crippen molar-refractivity contribution < 1.29 is 35.4 Å². The highest BCUT2D eigenvalue weighted by molar-refractivity contribution is 4.94. The first-order valence-corrected chi connectivity index (χ1v) is 13.9. The molecule has 8 atom stereocenters. The number of rotatable bonds is 20. The maximum Gasteiger partial charge on any atom is 0.303 e. The number of nitrogens with two attached hydrogens (primary N) is 6. The molecule has 13 nitrogen and oxygen atoms in total. The van der Waals surface area contributed by atoms with E-state index in [0.717, 1.165) is 0 Å². The summed E-state index contributed by atoms with van der Waals surface area (Å²) in [6.45, 7) is 10.7. The van der Waals surface area contributed by atoms with Crippen molar-refractivity contribution >= 4 is 0 Å². The molecule has 0 rings (SSSR count). The summed E-state index contributed by atoms with van der Waals surface area (Å²) in [4.78, 5) is 0. The van der Waals surface area contributed by atoms with Gasteiger partial charge in [0, 0.05) is 36.3 Å². The van der Waals surface area contributed by atoms with E-state index in [9.17, 15) is 30.6 Å². The Hall–Kier alpha value is -0.520. The average molecular weight is 569 g/mol. The lowest BCUT2D eigenvalue weighted by molar-refractivity contribution is -0.413. The fourth-order valence-electron chi connectivity index (χ4n) is 6.64. The Morgan fingerprint density at radius 1 is 0.410 bits per heavy atom. The van der Waals surface area contributed by atoms with Crippen LogP contribution in [0.5, 0.6) is 0 Å². The Bertz CT molecular complexity index is 570. The van der Waals surface area contributed by atoms with Gasteiger partial charge in [-0.2, -0.15) is 0 Å². The largest absolute Gasteiger partial charge is 0.358 e. The summed E-state index contributed by atoms with van der Waals surface area (Å²) in [5.74, 6) is -6.84. The Morgan fingerprint density at radius 2 is 0.590 bits per heavy atom. The van der Waals surface area contributed by atoms with Crippen molar-refractivity contribution in [3.05, 3.63) is 0 Å². The summed E-state index contributed by atoms with van der Waals surface area (Å²) >= 11 is 0. The summed E-state index contributed by atoms with van der Waals surface area (Å²) in [5, 5.41) is 62.3. The molecule has 0 amide bonds. The zero-order valence-electron chi connectivity index (χ0n) is 24.8. The van der Waals surface area contributed by atoms with Gasteiger partial charge in [0.05, 0.1) is 0 Å². The lowest BCUT2D eigenvalue weighted by atomic mass is 9.68. The van der Waals surface area contributed by atoms with Crippen molar-refractivity contribution in [2.75, 3.05) is 0 Å². The van der Waals surface area contributed by atoms with Crippen molar-refractivity contribution in [2.24, 2.45) is 45.2 Å². The van der Waals surface area contributed by atoms with Gasteiger partial charge in [-0.1, -0.05) is 0 Å². The predicted molar refractivity (Wildman–Crippen MR) is 151 cm³/mol. The monoisotopic (exact) mass is 568 g/mol. The molecule has 0 radical (unpaired) electrons. The molecule has 0 aliphatic heterocycles. The second-order valence-electron chi connectivity index (χ2n) is 13.0. The molecule has 0 saturated carbocycles. The summed E-state index contributed by atoms with van der Waals surface area (Å²) in [6.07, 6.45) is -1.96. The maximum absolute atomic E-state index is 10.4. The van der Waals surface area contributed by atoms with E-state index in [4.69, 9.17) is 39.1 Å². The molecule has 0 bridgehead atoms. The van der Waals surface area contributed by atoms with Crippen LogP contribution in [-0.4, -0.2) is 91.0 Å². The van der Waals surface area contributed by atoms with E-state index in [1.807, 2.05) is 0 Å². The Labute approximate surface area is 234 Å². The van der Waals surface area contributed by atoms with Crippen LogP contribution in [-0.2, 0) is 4.74 Å². The minimum atomic E-state index is -3.42. The smallest absolute Gasteiger partial charge is 0.303 e. The number of aliphatic hydroxyl groups is 6. The van der Waals surface area contributed by atoms with Gasteiger partial charge in [0.15, 0.2) is 0 Å². The Balaban J connectivity index is 6.71. The number of hydrogen-bond acceptors (Lipinski definition) is 13. The van der Waals surface area contributed by atoms with Crippen molar-refractivity contribution in [3.63, 3.8) is 0 Å². The molecule has 236 valence electrons. The first-order valence-electron chi connectivity index (χ1n) is 13.9. The van der Waals surface area contributed by atoms with Gasteiger partial charge < -0.3 is 69.8 Å². The molecule has 0 fully saturated rings. The Kier molecular flexibility index (Phi) is 15.4. The van der Waals surface area contributed by atoms with E-state index in [0.29, 0.717) is 38.5 Å². The van der Waals surface area contributed by atoms with Crippen LogP contribution in [0, 0.1) is 10.8 Å². The molecule has 8 unspecified atom stereocenters. The molecular weight excluding hydrogens is 508 g/mol. The molecule has 0 saturated heterocycles. The van der Waals surface area contributed by atoms with Crippen molar-refractivity contribution in [2.45, 2.75) is 153 Å². The highest BCUT2D eigenvalue weighted by atomic mass is 16.7. The lowest BCUT2D eigenvalue weighted by Gasteiger charge is -2.45. The molecular formula is C26H60N6O7. The second-order valence-corrected chi connectivity index (χ2v) is 13.0. The van der Waals surface area contributed by atoms with Crippen LogP contribution in [0.2, 0.25) is 0 Å². The van der Waals surface area contributed by atoms with Gasteiger partial charge in [0.1, 0.15) is 12.2 Å². The number of hydrogen-bond donors (Lipinski definition) is 12. The molecule has 0 aromatic carbocycles. The van der Waals surface area contributed by atoms with Gasteiger partial charge in [-0.3, -0.25) is 0 Å². The van der Waals surface area contributed by atoms with Crippen LogP contribution in [0.3, 0.4) is 0 Å². The fourth-order valence-corrected chi connectivity index (χ4v) is 6.64. The van der Waals surface area contributed by atoms with Gasteiger partial charge >= 0.3 is 11.9 Å². The zero-order valence-corrected chi connectivity index (χ0v) is 24.8. The van der Waals surface area contributed by atoms with Crippen molar-refractivity contribution in [3.8, 4) is 0 Å². The van der Waals surface area contributed by atoms with Crippen molar-refractivity contribution in [1.82, 2.24) is 0 Å². The molecule has 0 aromatic rings. The third-order valence-electron chi connectivity index (χ3n) is 6.96. The molecule has 0 aliphatic carbocycles. The second kappa shape index (κ2) is 15.6. The summed E-state index contributed by atoms with van der Waals surface area (Å²) in [7, 11) is 0. The van der Waals surface area contributed by atoms with E-state index >= 15 is 0 Å². The molecule has 0 spiro atoms. The Morgan fingerprint density at radius 3 is 0.718 bits per heavy atom. The highest BCUT2D eigenvalue weighted by Gasteiger charge is 2.49. The van der Waals surface area contributed by atoms with Gasteiger partial charge in [-0.25, -0.2) is 0 Å². The van der Waals surface area contributed by atoms with Gasteiger partial charge in [-0.15, -0.1) is 0 Å². The first kappa shape index (κ1) is 38.5. The van der Waals surface area contributed by atoms with Gasteiger partial charge in [0.25, 0.3) is 0 Å². The summed E-state index contributed by atoms with van der Waals surface area (Å²) < 4.78 is 5.84. The highest BCUT2D eigenvalue weighted by Crippen LogP contribution is 2.44. The maximum atomic E-state index is 10.4. The molecule has 0 aliphatic rings. The van der Waals surface area contributed by atoms with Crippen LogP contribution in [0.25, 0.3) is 0 Å². The average Bonchev–Trinajstić information content (AvgIpc) is 2.61. The topological polar surface area (TPSA) is 287 Å².